The molecule has 0 aromatic heterocycles. The number of hydrogen-bond donors (Lipinski definition) is 3. The molecule has 0 aliphatic rings. The van der Waals surface area contributed by atoms with Gasteiger partial charge in [-0.25, -0.2) is 0 Å². The highest BCUT2D eigenvalue weighted by atomic mass is 32.2. The quantitative estimate of drug-likeness (QED) is 0.441. The molecule has 0 fully saturated rings. The first kappa shape index (κ1) is 23.6. The topological polar surface area (TPSA) is 83.8 Å². The lowest BCUT2D eigenvalue weighted by atomic mass is 10.8. The maximum absolute atomic E-state index is 9.56. The van der Waals surface area contributed by atoms with Crippen molar-refractivity contribution in [1.29, 1.82) is 0 Å². The maximum Gasteiger partial charge on any atom is 0.0946 e. The van der Waals surface area contributed by atoms with E-state index in [0.29, 0.717) is 0 Å². The second-order valence-electron chi connectivity index (χ2n) is 1.91. The summed E-state index contributed by atoms with van der Waals surface area (Å²) in [6, 6.07) is 0. The molecule has 0 aliphatic heterocycles. The molecule has 5 heteroatoms. The third-order valence-corrected chi connectivity index (χ3v) is 0.1000. The summed E-state index contributed by atoms with van der Waals surface area (Å²) in [5, 5.41) is 22.8. The fourth-order valence-electron chi connectivity index (χ4n) is 0. The molecule has 4 nitrogen and oxygen atoms in total. The molecule has 90 valence electrons. The molecule has 0 bridgehead atoms. The van der Waals surface area contributed by atoms with E-state index in [2.05, 4.69) is 6.58 Å². The van der Waals surface area contributed by atoms with Gasteiger partial charge in [-0.1, -0.05) is 17.3 Å². The van der Waals surface area contributed by atoms with Gasteiger partial charge in [0.05, 0.1) is 25.7 Å². The van der Waals surface area contributed by atoms with Crippen LogP contribution < -0.4 is 0 Å². The smallest absolute Gasteiger partial charge is 0.0946 e. The molecule has 0 rings (SSSR count). The van der Waals surface area contributed by atoms with E-state index in [-0.39, 0.29) is 19.8 Å². The molecular formula is C9H24O4S. The Morgan fingerprint density at radius 1 is 1.21 bits per heavy atom. The minimum atomic E-state index is -0.611. The summed E-state index contributed by atoms with van der Waals surface area (Å²) >= 11 is -0.611. The lowest BCUT2D eigenvalue weighted by Gasteiger charge is -1.87. The van der Waals surface area contributed by atoms with Crippen LogP contribution in [0.2, 0.25) is 0 Å². The number of aliphatic hydroxyl groups excluding tert-OH is 3. The highest BCUT2D eigenvalue weighted by Gasteiger charge is 1.66. The third-order valence-electron chi connectivity index (χ3n) is 0.1000. The summed E-state index contributed by atoms with van der Waals surface area (Å²) in [5.74, 6) is 0. The number of rotatable bonds is 1. The van der Waals surface area contributed by atoms with Crippen molar-refractivity contribution in [2.24, 2.45) is 0 Å². The van der Waals surface area contributed by atoms with Crippen LogP contribution in [0.3, 0.4) is 0 Å². The molecule has 0 saturated carbocycles. The van der Waals surface area contributed by atoms with E-state index in [4.69, 9.17) is 15.3 Å². The van der Waals surface area contributed by atoms with Crippen molar-refractivity contribution in [3.05, 3.63) is 12.7 Å². The zero-order chi connectivity index (χ0) is 12.4. The summed E-state index contributed by atoms with van der Waals surface area (Å²) in [4.78, 5) is 0. The normalized spacial score (nSPS) is 6.93. The van der Waals surface area contributed by atoms with E-state index in [9.17, 15) is 4.55 Å². The first-order valence-corrected chi connectivity index (χ1v) is 6.09. The van der Waals surface area contributed by atoms with Gasteiger partial charge in [-0.2, -0.15) is 0 Å². The van der Waals surface area contributed by atoms with Gasteiger partial charge in [0.25, 0.3) is 0 Å². The van der Waals surface area contributed by atoms with E-state index >= 15 is 0 Å². The third kappa shape index (κ3) is 1650. The standard InChI is InChI=1S/C3H6.C2H6O2.C2H6OS.C2H6O/c1-3-2;3-1-2-4;1-4(2)3;1-2-3/h3H,1H2,2H3;3-4H,1-2H2;1-2H3;3H,2H2,1H3. The van der Waals surface area contributed by atoms with Crippen molar-refractivity contribution in [3.8, 4) is 0 Å². The van der Waals surface area contributed by atoms with Crippen LogP contribution in [0.4, 0.5) is 0 Å². The Bertz CT molecular complexity index is 65.1. The van der Waals surface area contributed by atoms with Gasteiger partial charge in [-0.15, -0.1) is 6.58 Å². The van der Waals surface area contributed by atoms with Crippen LogP contribution in [0, 0.1) is 0 Å². The Balaban J connectivity index is -0.0000000482. The molecule has 0 aliphatic carbocycles. The van der Waals surface area contributed by atoms with Gasteiger partial charge < -0.3 is 19.9 Å². The lowest BCUT2D eigenvalue weighted by molar-refractivity contribution is 0.186. The van der Waals surface area contributed by atoms with Crippen LogP contribution in [0.15, 0.2) is 12.7 Å². The summed E-state index contributed by atoms with van der Waals surface area (Å²) in [6.45, 7) is 6.93. The Labute approximate surface area is 90.5 Å². The predicted molar refractivity (Wildman–Crippen MR) is 62.8 cm³/mol. The van der Waals surface area contributed by atoms with Crippen LogP contribution in [-0.4, -0.2) is 52.2 Å². The first-order chi connectivity index (χ1) is 6.47. The maximum atomic E-state index is 9.56. The van der Waals surface area contributed by atoms with Crippen LogP contribution >= 0.6 is 0 Å². The Kier molecular flexibility index (Phi) is 64.6. The van der Waals surface area contributed by atoms with E-state index in [1.165, 1.54) is 0 Å². The molecule has 3 N–H and O–H groups in total. The molecule has 0 saturated heterocycles. The minimum Gasteiger partial charge on any atom is -0.617 e. The number of aliphatic hydroxyl groups is 3. The summed E-state index contributed by atoms with van der Waals surface area (Å²) in [6.07, 6.45) is 5.03. The van der Waals surface area contributed by atoms with Crippen LogP contribution in [0.25, 0.3) is 0 Å². The molecule has 14 heavy (non-hydrogen) atoms. The predicted octanol–water partition coefficient (Wildman–Crippen LogP) is 0.157. The van der Waals surface area contributed by atoms with Gasteiger partial charge in [0.1, 0.15) is 0 Å². The van der Waals surface area contributed by atoms with Gasteiger partial charge >= 0.3 is 0 Å². The molecular weight excluding hydrogens is 204 g/mol. The van der Waals surface area contributed by atoms with Gasteiger partial charge in [0.15, 0.2) is 0 Å². The van der Waals surface area contributed by atoms with Crippen molar-refractivity contribution in [2.45, 2.75) is 13.8 Å². The Morgan fingerprint density at radius 3 is 1.29 bits per heavy atom. The highest BCUT2D eigenvalue weighted by Crippen LogP contribution is 1.61. The van der Waals surface area contributed by atoms with Gasteiger partial charge in [0, 0.05) is 6.61 Å². The molecule has 0 amide bonds. The largest absolute Gasteiger partial charge is 0.617 e. The van der Waals surface area contributed by atoms with Crippen LogP contribution in [-0.2, 0) is 11.2 Å². The summed E-state index contributed by atoms with van der Waals surface area (Å²) in [5.41, 5.74) is 0. The van der Waals surface area contributed by atoms with E-state index in [1.807, 2.05) is 6.92 Å². The summed E-state index contributed by atoms with van der Waals surface area (Å²) < 4.78 is 9.56. The monoisotopic (exact) mass is 228 g/mol. The van der Waals surface area contributed by atoms with Gasteiger partial charge in [0.2, 0.25) is 0 Å². The fraction of sp³-hybridized carbons (Fsp3) is 0.778. The highest BCUT2D eigenvalue weighted by molar-refractivity contribution is 7.89. The zero-order valence-electron chi connectivity index (χ0n) is 9.56. The molecule has 0 unspecified atom stereocenters. The minimum absolute atomic E-state index is 0.125. The van der Waals surface area contributed by atoms with E-state index < -0.39 is 11.2 Å². The van der Waals surface area contributed by atoms with E-state index in [1.54, 1.807) is 25.5 Å². The van der Waals surface area contributed by atoms with Crippen molar-refractivity contribution in [1.82, 2.24) is 0 Å². The average Bonchev–Trinajstić information content (AvgIpc) is 2.06. The number of hydrogen-bond acceptors (Lipinski definition) is 4. The first-order valence-electron chi connectivity index (χ1n) is 4.12. The molecule has 0 aromatic carbocycles. The molecule has 0 atom stereocenters. The zero-order valence-corrected chi connectivity index (χ0v) is 10.4. The average molecular weight is 228 g/mol. The van der Waals surface area contributed by atoms with Crippen molar-refractivity contribution < 1.29 is 19.9 Å². The number of allylic oxidation sites excluding steroid dienone is 1. The molecule has 0 heterocycles. The van der Waals surface area contributed by atoms with Gasteiger partial charge in [-0.05, 0) is 13.8 Å². The van der Waals surface area contributed by atoms with E-state index in [0.717, 1.165) is 0 Å². The van der Waals surface area contributed by atoms with Crippen molar-refractivity contribution >= 4 is 11.2 Å². The SMILES string of the molecule is C=CC.CCO.C[S+](C)[O-].OCCO. The molecule has 0 radical (unpaired) electrons. The second-order valence-corrected chi connectivity index (χ2v) is 3.40. The fourth-order valence-corrected chi connectivity index (χ4v) is 0. The van der Waals surface area contributed by atoms with Crippen LogP contribution in [0.1, 0.15) is 13.8 Å². The Morgan fingerprint density at radius 2 is 1.29 bits per heavy atom. The lowest BCUT2D eigenvalue weighted by Crippen LogP contribution is -1.86. The molecule has 0 spiro atoms. The molecule has 0 aromatic rings. The van der Waals surface area contributed by atoms with Crippen molar-refractivity contribution in [2.75, 3.05) is 32.3 Å². The second kappa shape index (κ2) is 38.3. The van der Waals surface area contributed by atoms with Crippen LogP contribution in [0.5, 0.6) is 0 Å². The Hall–Kier alpha value is -0.0700. The van der Waals surface area contributed by atoms with Crippen molar-refractivity contribution in [3.63, 3.8) is 0 Å². The summed E-state index contributed by atoms with van der Waals surface area (Å²) in [7, 11) is 0. The van der Waals surface area contributed by atoms with Gasteiger partial charge in [-0.3, -0.25) is 0 Å².